The predicted molar refractivity (Wildman–Crippen MR) is 169 cm³/mol. The van der Waals surface area contributed by atoms with Gasteiger partial charge < -0.3 is 20.4 Å². The lowest BCUT2D eigenvalue weighted by Crippen LogP contribution is -2.33. The molecule has 0 aromatic heterocycles. The largest absolute Gasteiger partial charge is 0.508 e. The smallest absolute Gasteiger partial charge is 0.129 e. The van der Waals surface area contributed by atoms with Crippen LogP contribution in [0.1, 0.15) is 71.2 Å². The van der Waals surface area contributed by atoms with Gasteiger partial charge in [-0.25, -0.2) is 0 Å². The van der Waals surface area contributed by atoms with Crippen molar-refractivity contribution in [3.05, 3.63) is 114 Å². The topological polar surface area (TPSA) is 80.9 Å². The Balaban J connectivity index is 1.96. The molecule has 0 amide bonds. The Labute approximate surface area is 253 Å². The van der Waals surface area contributed by atoms with Gasteiger partial charge >= 0.3 is 0 Å². The maximum atomic E-state index is 10.4. The molecular formula is C34H36Br2O4. The Hall–Kier alpha value is -2.96. The third-order valence-corrected chi connectivity index (χ3v) is 9.70. The van der Waals surface area contributed by atoms with Crippen LogP contribution in [0.25, 0.3) is 0 Å². The van der Waals surface area contributed by atoms with E-state index in [9.17, 15) is 20.4 Å². The van der Waals surface area contributed by atoms with Crippen LogP contribution in [0.2, 0.25) is 0 Å². The molecule has 4 N–H and O–H groups in total. The molecule has 0 radical (unpaired) electrons. The second-order valence-corrected chi connectivity index (χ2v) is 13.1. The first-order chi connectivity index (χ1) is 18.7. The minimum absolute atomic E-state index is 0.175. The molecule has 6 heteroatoms. The predicted octanol–water partition coefficient (Wildman–Crippen LogP) is 9.36. The first kappa shape index (κ1) is 30.0. The minimum Gasteiger partial charge on any atom is -0.508 e. The molecule has 0 fully saturated rings. The Bertz CT molecular complexity index is 1440. The summed E-state index contributed by atoms with van der Waals surface area (Å²) in [6.07, 6.45) is 1.46. The highest BCUT2D eigenvalue weighted by atomic mass is 79.9. The van der Waals surface area contributed by atoms with Crippen LogP contribution in [-0.2, 0) is 10.8 Å². The fourth-order valence-corrected chi connectivity index (χ4v) is 7.41. The van der Waals surface area contributed by atoms with Crippen molar-refractivity contribution in [3.63, 3.8) is 0 Å². The molecule has 4 aromatic carbocycles. The number of phenols is 4. The summed E-state index contributed by atoms with van der Waals surface area (Å²) in [7, 11) is 0. The van der Waals surface area contributed by atoms with Gasteiger partial charge in [-0.15, -0.1) is 0 Å². The van der Waals surface area contributed by atoms with Crippen molar-refractivity contribution in [1.82, 2.24) is 0 Å². The van der Waals surface area contributed by atoms with Gasteiger partial charge in [0, 0.05) is 10.8 Å². The molecule has 0 heterocycles. The Kier molecular flexibility index (Phi) is 8.35. The number of aromatic hydroxyl groups is 4. The Morgan fingerprint density at radius 3 is 1.18 bits per heavy atom. The van der Waals surface area contributed by atoms with Crippen molar-refractivity contribution in [2.45, 2.75) is 65.2 Å². The SMILES string of the molecule is Cc1cc(O)cc(C)c1C(C)(CCC(C)(c1ccc(O)c(Br)c1)c1ccc(O)c(Br)c1)c1c(C)cc(O)cc1C. The molecular weight excluding hydrogens is 632 g/mol. The highest BCUT2D eigenvalue weighted by molar-refractivity contribution is 9.10. The normalized spacial score (nSPS) is 12.1. The van der Waals surface area contributed by atoms with Crippen LogP contribution in [0.5, 0.6) is 23.0 Å². The van der Waals surface area contributed by atoms with E-state index >= 15 is 0 Å². The van der Waals surface area contributed by atoms with E-state index in [1.54, 1.807) is 12.1 Å². The molecule has 0 saturated carbocycles. The lowest BCUT2D eigenvalue weighted by atomic mass is 9.63. The van der Waals surface area contributed by atoms with Crippen LogP contribution in [0.15, 0.2) is 69.6 Å². The summed E-state index contributed by atoms with van der Waals surface area (Å²) in [5, 5.41) is 41.3. The molecule has 0 unspecified atom stereocenters. The van der Waals surface area contributed by atoms with Crippen molar-refractivity contribution in [2.24, 2.45) is 0 Å². The lowest BCUT2D eigenvalue weighted by molar-refractivity contribution is 0.405. The number of hydrogen-bond acceptors (Lipinski definition) is 4. The van der Waals surface area contributed by atoms with E-state index in [1.165, 1.54) is 0 Å². The van der Waals surface area contributed by atoms with Gasteiger partial charge in [0.1, 0.15) is 23.0 Å². The fourth-order valence-electron chi connectivity index (χ4n) is 6.65. The quantitative estimate of drug-likeness (QED) is 0.158. The monoisotopic (exact) mass is 666 g/mol. The van der Waals surface area contributed by atoms with E-state index in [1.807, 2.05) is 76.2 Å². The molecule has 4 nitrogen and oxygen atoms in total. The third-order valence-electron chi connectivity index (χ3n) is 8.43. The molecule has 210 valence electrons. The first-order valence-electron chi connectivity index (χ1n) is 13.3. The zero-order chi connectivity index (χ0) is 29.6. The summed E-state index contributed by atoms with van der Waals surface area (Å²) in [6, 6.07) is 18.5. The lowest BCUT2D eigenvalue weighted by Gasteiger charge is -2.40. The summed E-state index contributed by atoms with van der Waals surface area (Å²) in [6.45, 7) is 12.6. The van der Waals surface area contributed by atoms with Crippen molar-refractivity contribution >= 4 is 31.9 Å². The van der Waals surface area contributed by atoms with E-state index in [0.717, 1.165) is 57.3 Å². The van der Waals surface area contributed by atoms with E-state index < -0.39 is 10.8 Å². The van der Waals surface area contributed by atoms with Gasteiger partial charge in [-0.1, -0.05) is 26.0 Å². The molecule has 0 bridgehead atoms. The number of aryl methyl sites for hydroxylation is 4. The Morgan fingerprint density at radius 1 is 0.525 bits per heavy atom. The van der Waals surface area contributed by atoms with Crippen LogP contribution in [0.3, 0.4) is 0 Å². The summed E-state index contributed by atoms with van der Waals surface area (Å²) in [4.78, 5) is 0. The maximum Gasteiger partial charge on any atom is 0.129 e. The van der Waals surface area contributed by atoms with Crippen molar-refractivity contribution in [2.75, 3.05) is 0 Å². The molecule has 0 saturated heterocycles. The molecule has 0 spiro atoms. The van der Waals surface area contributed by atoms with Gasteiger partial charge in [-0.2, -0.15) is 0 Å². The van der Waals surface area contributed by atoms with Gasteiger partial charge in [0.15, 0.2) is 0 Å². The van der Waals surface area contributed by atoms with Gasteiger partial charge in [0.2, 0.25) is 0 Å². The van der Waals surface area contributed by atoms with E-state index in [2.05, 4.69) is 45.7 Å². The van der Waals surface area contributed by atoms with Gasteiger partial charge in [0.05, 0.1) is 8.95 Å². The maximum absolute atomic E-state index is 10.4. The molecule has 0 aliphatic carbocycles. The van der Waals surface area contributed by atoms with Crippen molar-refractivity contribution < 1.29 is 20.4 Å². The van der Waals surface area contributed by atoms with Crippen molar-refractivity contribution in [3.8, 4) is 23.0 Å². The molecule has 0 atom stereocenters. The van der Waals surface area contributed by atoms with Gasteiger partial charge in [-0.3, -0.25) is 0 Å². The van der Waals surface area contributed by atoms with E-state index in [4.69, 9.17) is 0 Å². The minimum atomic E-state index is -0.495. The van der Waals surface area contributed by atoms with Crippen molar-refractivity contribution in [1.29, 1.82) is 0 Å². The summed E-state index contributed by atoms with van der Waals surface area (Å²) in [5.41, 5.74) is 7.43. The molecule has 0 aliphatic heterocycles. The summed E-state index contributed by atoms with van der Waals surface area (Å²) >= 11 is 7.01. The fraction of sp³-hybridized carbons (Fsp3) is 0.294. The summed E-state index contributed by atoms with van der Waals surface area (Å²) in [5.74, 6) is 0.836. The second kappa shape index (κ2) is 11.1. The zero-order valence-corrected chi connectivity index (χ0v) is 26.9. The molecule has 4 aromatic rings. The standard InChI is InChI=1S/C34H36Br2O4/c1-19-13-25(37)14-20(2)31(19)34(6,32-21(3)15-26(38)16-22(32)4)12-11-33(5,23-7-9-29(39)27(35)17-23)24-8-10-30(40)28(36)18-24/h7-10,13-18,37-40H,11-12H2,1-6H3. The molecule has 40 heavy (non-hydrogen) atoms. The van der Waals surface area contributed by atoms with Crippen LogP contribution >= 0.6 is 31.9 Å². The second-order valence-electron chi connectivity index (χ2n) is 11.4. The van der Waals surface area contributed by atoms with E-state index in [-0.39, 0.29) is 23.0 Å². The Morgan fingerprint density at radius 2 is 0.850 bits per heavy atom. The number of rotatable bonds is 7. The van der Waals surface area contributed by atoms with Crippen LogP contribution < -0.4 is 0 Å². The van der Waals surface area contributed by atoms with Gasteiger partial charge in [0.25, 0.3) is 0 Å². The third kappa shape index (κ3) is 5.48. The van der Waals surface area contributed by atoms with E-state index in [0.29, 0.717) is 8.95 Å². The first-order valence-corrected chi connectivity index (χ1v) is 14.9. The van der Waals surface area contributed by atoms with Crippen LogP contribution in [0.4, 0.5) is 0 Å². The van der Waals surface area contributed by atoms with Crippen LogP contribution in [-0.4, -0.2) is 20.4 Å². The zero-order valence-electron chi connectivity index (χ0n) is 23.7. The average Bonchev–Trinajstić information content (AvgIpc) is 2.84. The highest BCUT2D eigenvalue weighted by Crippen LogP contribution is 2.49. The highest BCUT2D eigenvalue weighted by Gasteiger charge is 2.39. The summed E-state index contributed by atoms with van der Waals surface area (Å²) < 4.78 is 1.24. The number of benzene rings is 4. The molecule has 0 aliphatic rings. The number of phenolic OH excluding ortho intramolecular Hbond substituents is 4. The van der Waals surface area contributed by atoms with Gasteiger partial charge in [-0.05, 0) is 165 Å². The number of halogens is 2. The average molecular weight is 668 g/mol. The van der Waals surface area contributed by atoms with Crippen LogP contribution in [0, 0.1) is 27.7 Å². The number of hydrogen-bond donors (Lipinski definition) is 4. The molecule has 4 rings (SSSR count).